The van der Waals surface area contributed by atoms with Crippen molar-refractivity contribution in [2.75, 3.05) is 0 Å². The third-order valence-electron chi connectivity index (χ3n) is 0.650. The standard InChI is InChI=1S/C5H10Br2/c1-4(6)3-5(2)7/h4-5H,3H2,1-2H3/t4-,5-/m0/s1. The van der Waals surface area contributed by atoms with Gasteiger partial charge in [-0.2, -0.15) is 0 Å². The first-order chi connectivity index (χ1) is 3.13. The van der Waals surface area contributed by atoms with Gasteiger partial charge in [0.15, 0.2) is 0 Å². The highest BCUT2D eigenvalue weighted by atomic mass is 79.9. The topological polar surface area (TPSA) is 0 Å². The second-order valence-corrected chi connectivity index (χ2v) is 4.92. The van der Waals surface area contributed by atoms with E-state index in [4.69, 9.17) is 0 Å². The van der Waals surface area contributed by atoms with Crippen LogP contribution < -0.4 is 0 Å². The molecule has 0 radical (unpaired) electrons. The Morgan fingerprint density at radius 1 is 1.14 bits per heavy atom. The Bertz CT molecular complexity index is 35.3. The van der Waals surface area contributed by atoms with Gasteiger partial charge < -0.3 is 0 Å². The lowest BCUT2D eigenvalue weighted by Gasteiger charge is -2.02. The van der Waals surface area contributed by atoms with E-state index in [1.807, 2.05) is 0 Å². The summed E-state index contributed by atoms with van der Waals surface area (Å²) in [5, 5.41) is 0. The van der Waals surface area contributed by atoms with E-state index in [1.54, 1.807) is 0 Å². The van der Waals surface area contributed by atoms with Crippen LogP contribution in [-0.2, 0) is 0 Å². The molecule has 0 amide bonds. The van der Waals surface area contributed by atoms with Crippen LogP contribution in [-0.4, -0.2) is 9.65 Å². The number of alkyl halides is 2. The van der Waals surface area contributed by atoms with Crippen molar-refractivity contribution in [1.82, 2.24) is 0 Å². The van der Waals surface area contributed by atoms with Crippen molar-refractivity contribution in [3.63, 3.8) is 0 Å². The van der Waals surface area contributed by atoms with Crippen molar-refractivity contribution in [3.8, 4) is 0 Å². The van der Waals surface area contributed by atoms with Crippen LogP contribution in [0.25, 0.3) is 0 Å². The Morgan fingerprint density at radius 2 is 1.43 bits per heavy atom. The molecule has 7 heavy (non-hydrogen) atoms. The Balaban J connectivity index is 2.95. The molecule has 0 fully saturated rings. The first kappa shape index (κ1) is 7.96. The maximum absolute atomic E-state index is 3.44. The van der Waals surface area contributed by atoms with Crippen LogP contribution in [0.3, 0.4) is 0 Å². The first-order valence-electron chi connectivity index (χ1n) is 2.41. The van der Waals surface area contributed by atoms with Gasteiger partial charge in [0.25, 0.3) is 0 Å². The quantitative estimate of drug-likeness (QED) is 0.639. The lowest BCUT2D eigenvalue weighted by atomic mass is 10.3. The highest BCUT2D eigenvalue weighted by Gasteiger charge is 1.99. The van der Waals surface area contributed by atoms with Gasteiger partial charge in [-0.3, -0.25) is 0 Å². The van der Waals surface area contributed by atoms with Crippen LogP contribution in [0.1, 0.15) is 20.3 Å². The molecule has 0 saturated carbocycles. The summed E-state index contributed by atoms with van der Waals surface area (Å²) in [5.74, 6) is 0. The predicted molar refractivity (Wildman–Crippen MR) is 41.4 cm³/mol. The zero-order valence-corrected chi connectivity index (χ0v) is 7.79. The fourth-order valence-electron chi connectivity index (χ4n) is 0.448. The second-order valence-electron chi connectivity index (χ2n) is 1.80. The molecule has 0 bridgehead atoms. The molecule has 0 heterocycles. The summed E-state index contributed by atoms with van der Waals surface area (Å²) in [6.45, 7) is 4.30. The van der Waals surface area contributed by atoms with Crippen molar-refractivity contribution in [3.05, 3.63) is 0 Å². The SMILES string of the molecule is C[C@H](Br)C[C@H](C)Br. The summed E-state index contributed by atoms with van der Waals surface area (Å²) in [4.78, 5) is 1.28. The molecule has 0 aromatic carbocycles. The number of hydrogen-bond donors (Lipinski definition) is 0. The van der Waals surface area contributed by atoms with Crippen LogP contribution >= 0.6 is 31.9 Å². The maximum Gasteiger partial charge on any atom is 0.0128 e. The van der Waals surface area contributed by atoms with Gasteiger partial charge in [-0.1, -0.05) is 45.7 Å². The molecule has 0 N–H and O–H groups in total. The van der Waals surface area contributed by atoms with E-state index in [0.29, 0.717) is 9.65 Å². The maximum atomic E-state index is 3.44. The van der Waals surface area contributed by atoms with Gasteiger partial charge in [-0.05, 0) is 6.42 Å². The van der Waals surface area contributed by atoms with Gasteiger partial charge in [-0.15, -0.1) is 0 Å². The van der Waals surface area contributed by atoms with Crippen LogP contribution in [0.15, 0.2) is 0 Å². The predicted octanol–water partition coefficient (Wildman–Crippen LogP) is 2.94. The van der Waals surface area contributed by atoms with E-state index >= 15 is 0 Å². The second kappa shape index (κ2) is 3.90. The molecule has 0 aliphatic rings. The zero-order valence-electron chi connectivity index (χ0n) is 4.62. The third-order valence-corrected chi connectivity index (χ3v) is 1.40. The minimum Gasteiger partial charge on any atom is -0.0893 e. The summed E-state index contributed by atoms with van der Waals surface area (Å²) >= 11 is 6.89. The molecule has 44 valence electrons. The number of hydrogen-bond acceptors (Lipinski definition) is 0. The van der Waals surface area contributed by atoms with Crippen molar-refractivity contribution in [1.29, 1.82) is 0 Å². The van der Waals surface area contributed by atoms with E-state index in [0.717, 1.165) is 0 Å². The zero-order chi connectivity index (χ0) is 5.86. The molecule has 0 nitrogen and oxygen atoms in total. The highest BCUT2D eigenvalue weighted by molar-refractivity contribution is 9.10. The van der Waals surface area contributed by atoms with E-state index < -0.39 is 0 Å². The van der Waals surface area contributed by atoms with Crippen molar-refractivity contribution in [2.24, 2.45) is 0 Å². The molecule has 2 atom stereocenters. The number of rotatable bonds is 2. The summed E-state index contributed by atoms with van der Waals surface area (Å²) in [6, 6.07) is 0. The molecule has 0 aromatic heterocycles. The lowest BCUT2D eigenvalue weighted by Crippen LogP contribution is -1.97. The molecular weight excluding hydrogens is 220 g/mol. The van der Waals surface area contributed by atoms with Crippen molar-refractivity contribution >= 4 is 31.9 Å². The average molecular weight is 230 g/mol. The van der Waals surface area contributed by atoms with E-state index in [9.17, 15) is 0 Å². The van der Waals surface area contributed by atoms with Gasteiger partial charge in [0.05, 0.1) is 0 Å². The minimum atomic E-state index is 0.641. The lowest BCUT2D eigenvalue weighted by molar-refractivity contribution is 0.823. The third kappa shape index (κ3) is 6.96. The normalized spacial score (nSPS) is 18.9. The van der Waals surface area contributed by atoms with Gasteiger partial charge in [0, 0.05) is 9.65 Å². The Labute approximate surface area is 61.9 Å². The molecule has 0 unspecified atom stereocenters. The van der Waals surface area contributed by atoms with Crippen molar-refractivity contribution in [2.45, 2.75) is 29.9 Å². The summed E-state index contributed by atoms with van der Waals surface area (Å²) in [6.07, 6.45) is 1.19. The number of halogens is 2. The van der Waals surface area contributed by atoms with Crippen LogP contribution in [0, 0.1) is 0 Å². The molecular formula is C5H10Br2. The van der Waals surface area contributed by atoms with Gasteiger partial charge in [0.2, 0.25) is 0 Å². The van der Waals surface area contributed by atoms with E-state index in [-0.39, 0.29) is 0 Å². The smallest absolute Gasteiger partial charge is 0.0128 e. The largest absolute Gasteiger partial charge is 0.0893 e. The molecule has 0 aliphatic carbocycles. The fourth-order valence-corrected chi connectivity index (χ4v) is 2.07. The average Bonchev–Trinajstić information content (AvgIpc) is 1.27. The highest BCUT2D eigenvalue weighted by Crippen LogP contribution is 2.11. The van der Waals surface area contributed by atoms with Gasteiger partial charge >= 0.3 is 0 Å². The summed E-state index contributed by atoms with van der Waals surface area (Å²) < 4.78 is 0. The molecule has 0 spiro atoms. The Morgan fingerprint density at radius 3 is 1.43 bits per heavy atom. The fraction of sp³-hybridized carbons (Fsp3) is 1.00. The Kier molecular flexibility index (Phi) is 4.44. The molecule has 0 rings (SSSR count). The van der Waals surface area contributed by atoms with Gasteiger partial charge in [-0.25, -0.2) is 0 Å². The minimum absolute atomic E-state index is 0.641. The Hall–Kier alpha value is 0.960. The summed E-state index contributed by atoms with van der Waals surface area (Å²) in [7, 11) is 0. The van der Waals surface area contributed by atoms with E-state index in [2.05, 4.69) is 45.7 Å². The molecule has 2 heteroatoms. The van der Waals surface area contributed by atoms with Crippen LogP contribution in [0.4, 0.5) is 0 Å². The van der Waals surface area contributed by atoms with Crippen LogP contribution in [0.5, 0.6) is 0 Å². The summed E-state index contributed by atoms with van der Waals surface area (Å²) in [5.41, 5.74) is 0. The monoisotopic (exact) mass is 228 g/mol. The van der Waals surface area contributed by atoms with E-state index in [1.165, 1.54) is 6.42 Å². The molecule has 0 aromatic rings. The first-order valence-corrected chi connectivity index (χ1v) is 4.24. The van der Waals surface area contributed by atoms with Gasteiger partial charge in [0.1, 0.15) is 0 Å². The molecule has 0 saturated heterocycles. The molecule has 0 aliphatic heterocycles. The van der Waals surface area contributed by atoms with Crippen molar-refractivity contribution < 1.29 is 0 Å². The van der Waals surface area contributed by atoms with Crippen LogP contribution in [0.2, 0.25) is 0 Å².